The molecule has 1 rings (SSSR count). The molecule has 0 saturated heterocycles. The minimum absolute atomic E-state index is 0.335. The molecule has 0 amide bonds. The summed E-state index contributed by atoms with van der Waals surface area (Å²) in [6.07, 6.45) is 1.48. The first-order chi connectivity index (χ1) is 6.93. The second-order valence-electron chi connectivity index (χ2n) is 3.40. The van der Waals surface area contributed by atoms with Gasteiger partial charge in [0, 0.05) is 34.3 Å². The summed E-state index contributed by atoms with van der Waals surface area (Å²) in [4.78, 5) is 22.8. The van der Waals surface area contributed by atoms with E-state index in [1.54, 1.807) is 26.2 Å². The monoisotopic (exact) mass is 210 g/mol. The lowest BCUT2D eigenvalue weighted by Crippen LogP contribution is -2.38. The third-order valence-electron chi connectivity index (χ3n) is 1.98. The molecule has 6 heteroatoms. The topological polar surface area (TPSA) is 59.6 Å². The molecule has 1 aromatic heterocycles. The van der Waals surface area contributed by atoms with E-state index < -0.39 is 0 Å². The van der Waals surface area contributed by atoms with Gasteiger partial charge in [-0.1, -0.05) is 0 Å². The van der Waals surface area contributed by atoms with E-state index in [-0.39, 0.29) is 11.2 Å². The standard InChI is InChI=1S/C9H14N4O2/c1-11(2)10-6-7-5-8(14)13(4)9(15)12(7)3/h5-6H,1-4H3/b10-6+. The Morgan fingerprint density at radius 3 is 2.40 bits per heavy atom. The number of rotatable bonds is 2. The summed E-state index contributed by atoms with van der Waals surface area (Å²) in [6.45, 7) is 0. The Morgan fingerprint density at radius 2 is 1.87 bits per heavy atom. The largest absolute Gasteiger partial charge is 0.330 e. The van der Waals surface area contributed by atoms with Crippen LogP contribution in [0.1, 0.15) is 5.69 Å². The minimum Gasteiger partial charge on any atom is -0.303 e. The fourth-order valence-corrected chi connectivity index (χ4v) is 1.05. The lowest BCUT2D eigenvalue weighted by Gasteiger charge is -2.06. The summed E-state index contributed by atoms with van der Waals surface area (Å²) < 4.78 is 2.42. The highest BCUT2D eigenvalue weighted by atomic mass is 16.2. The molecule has 0 fully saturated rings. The molecule has 0 N–H and O–H groups in total. The third kappa shape index (κ3) is 2.34. The highest BCUT2D eigenvalue weighted by molar-refractivity contribution is 5.76. The fraction of sp³-hybridized carbons (Fsp3) is 0.444. The first-order valence-corrected chi connectivity index (χ1v) is 4.42. The van der Waals surface area contributed by atoms with Gasteiger partial charge in [-0.2, -0.15) is 5.10 Å². The van der Waals surface area contributed by atoms with Crippen LogP contribution in [-0.4, -0.2) is 34.5 Å². The van der Waals surface area contributed by atoms with Gasteiger partial charge in [-0.15, -0.1) is 0 Å². The van der Waals surface area contributed by atoms with Crippen molar-refractivity contribution in [2.24, 2.45) is 19.2 Å². The lowest BCUT2D eigenvalue weighted by molar-refractivity contribution is 0.440. The molecule has 0 saturated carbocycles. The molecular formula is C9H14N4O2. The fourth-order valence-electron chi connectivity index (χ4n) is 1.05. The van der Waals surface area contributed by atoms with Crippen molar-refractivity contribution in [1.29, 1.82) is 0 Å². The van der Waals surface area contributed by atoms with Crippen LogP contribution in [0, 0.1) is 0 Å². The van der Waals surface area contributed by atoms with Gasteiger partial charge in [0.2, 0.25) is 0 Å². The highest BCUT2D eigenvalue weighted by Gasteiger charge is 2.03. The van der Waals surface area contributed by atoms with Crippen LogP contribution in [0.3, 0.4) is 0 Å². The maximum Gasteiger partial charge on any atom is 0.330 e. The van der Waals surface area contributed by atoms with Crippen molar-refractivity contribution in [3.63, 3.8) is 0 Å². The van der Waals surface area contributed by atoms with E-state index in [1.807, 2.05) is 0 Å². The van der Waals surface area contributed by atoms with Gasteiger partial charge in [0.15, 0.2) is 0 Å². The highest BCUT2D eigenvalue weighted by Crippen LogP contribution is 1.86. The predicted octanol–water partition coefficient (Wildman–Crippen LogP) is -1.02. The van der Waals surface area contributed by atoms with Crippen LogP contribution in [0.15, 0.2) is 20.8 Å². The molecular weight excluding hydrogens is 196 g/mol. The van der Waals surface area contributed by atoms with Crippen LogP contribution >= 0.6 is 0 Å². The molecule has 0 atom stereocenters. The van der Waals surface area contributed by atoms with Gasteiger partial charge in [-0.3, -0.25) is 13.9 Å². The number of hydrogen-bond acceptors (Lipinski definition) is 4. The molecule has 15 heavy (non-hydrogen) atoms. The summed E-state index contributed by atoms with van der Waals surface area (Å²) in [6, 6.07) is 1.37. The molecule has 0 aliphatic heterocycles. The van der Waals surface area contributed by atoms with E-state index in [1.165, 1.54) is 23.9 Å². The summed E-state index contributed by atoms with van der Waals surface area (Å²) in [7, 11) is 6.56. The Kier molecular flexibility index (Phi) is 3.08. The van der Waals surface area contributed by atoms with Gasteiger partial charge in [-0.05, 0) is 0 Å². The van der Waals surface area contributed by atoms with Crippen LogP contribution in [0.25, 0.3) is 0 Å². The van der Waals surface area contributed by atoms with E-state index in [4.69, 9.17) is 0 Å². The first-order valence-electron chi connectivity index (χ1n) is 4.42. The maximum atomic E-state index is 11.5. The Hall–Kier alpha value is -1.85. The number of hydrogen-bond donors (Lipinski definition) is 0. The zero-order valence-electron chi connectivity index (χ0n) is 9.26. The average Bonchev–Trinajstić information content (AvgIpc) is 2.18. The van der Waals surface area contributed by atoms with E-state index in [2.05, 4.69) is 5.10 Å². The van der Waals surface area contributed by atoms with Crippen molar-refractivity contribution in [3.8, 4) is 0 Å². The molecule has 82 valence electrons. The smallest absolute Gasteiger partial charge is 0.303 e. The second-order valence-corrected chi connectivity index (χ2v) is 3.40. The van der Waals surface area contributed by atoms with Crippen molar-refractivity contribution in [1.82, 2.24) is 14.1 Å². The molecule has 1 aromatic rings. The quantitative estimate of drug-likeness (QED) is 0.463. The van der Waals surface area contributed by atoms with Crippen LogP contribution < -0.4 is 11.2 Å². The average molecular weight is 210 g/mol. The lowest BCUT2D eigenvalue weighted by atomic mass is 10.4. The van der Waals surface area contributed by atoms with Crippen molar-refractivity contribution >= 4 is 6.21 Å². The normalized spacial score (nSPS) is 10.9. The predicted molar refractivity (Wildman–Crippen MR) is 58.2 cm³/mol. The van der Waals surface area contributed by atoms with E-state index >= 15 is 0 Å². The minimum atomic E-state index is -0.359. The van der Waals surface area contributed by atoms with Crippen LogP contribution in [-0.2, 0) is 14.1 Å². The Labute approximate surface area is 87.1 Å². The van der Waals surface area contributed by atoms with E-state index in [9.17, 15) is 9.59 Å². The van der Waals surface area contributed by atoms with Gasteiger partial charge in [-0.25, -0.2) is 4.79 Å². The number of nitrogens with zero attached hydrogens (tertiary/aromatic N) is 4. The van der Waals surface area contributed by atoms with Gasteiger partial charge in [0.25, 0.3) is 5.56 Å². The van der Waals surface area contributed by atoms with Crippen LogP contribution in [0.5, 0.6) is 0 Å². The van der Waals surface area contributed by atoms with Crippen molar-refractivity contribution in [2.75, 3.05) is 14.1 Å². The molecule has 0 aliphatic rings. The van der Waals surface area contributed by atoms with Crippen molar-refractivity contribution in [3.05, 3.63) is 32.6 Å². The SMILES string of the molecule is CN(C)/N=C/c1cc(=O)n(C)c(=O)n1C. The maximum absolute atomic E-state index is 11.5. The molecule has 6 nitrogen and oxygen atoms in total. The Morgan fingerprint density at radius 1 is 1.27 bits per heavy atom. The third-order valence-corrected chi connectivity index (χ3v) is 1.98. The summed E-state index contributed by atoms with van der Waals surface area (Å²) >= 11 is 0. The Balaban J connectivity index is 3.34. The molecule has 0 unspecified atom stereocenters. The Bertz CT molecular complexity index is 496. The van der Waals surface area contributed by atoms with E-state index in [0.717, 1.165) is 4.57 Å². The van der Waals surface area contributed by atoms with Gasteiger partial charge in [0.05, 0.1) is 11.9 Å². The summed E-state index contributed by atoms with van der Waals surface area (Å²) in [5.41, 5.74) is -0.210. The molecule has 0 bridgehead atoms. The summed E-state index contributed by atoms with van der Waals surface area (Å²) in [5, 5.41) is 5.55. The number of hydrazone groups is 1. The van der Waals surface area contributed by atoms with Crippen molar-refractivity contribution in [2.45, 2.75) is 0 Å². The molecule has 1 heterocycles. The van der Waals surface area contributed by atoms with E-state index in [0.29, 0.717) is 5.69 Å². The molecule has 0 radical (unpaired) electrons. The summed E-state index contributed by atoms with van der Waals surface area (Å²) in [5.74, 6) is 0. The molecule has 0 spiro atoms. The van der Waals surface area contributed by atoms with Gasteiger partial charge < -0.3 is 5.01 Å². The van der Waals surface area contributed by atoms with Crippen molar-refractivity contribution < 1.29 is 0 Å². The van der Waals surface area contributed by atoms with Gasteiger partial charge in [0.1, 0.15) is 0 Å². The molecule has 0 aromatic carbocycles. The first kappa shape index (κ1) is 11.2. The molecule has 0 aliphatic carbocycles. The zero-order chi connectivity index (χ0) is 11.6. The van der Waals surface area contributed by atoms with Crippen LogP contribution in [0.2, 0.25) is 0 Å². The number of aromatic nitrogens is 2. The van der Waals surface area contributed by atoms with Gasteiger partial charge >= 0.3 is 5.69 Å². The zero-order valence-corrected chi connectivity index (χ0v) is 9.26. The van der Waals surface area contributed by atoms with Crippen LogP contribution in [0.4, 0.5) is 0 Å². The second kappa shape index (κ2) is 4.12.